The highest BCUT2D eigenvalue weighted by molar-refractivity contribution is 5.94. The fraction of sp³-hybridized carbons (Fsp3) is 0.545. The molecule has 0 aromatic heterocycles. The van der Waals surface area contributed by atoms with Crippen LogP contribution in [0, 0.1) is 5.41 Å². The maximum Gasteiger partial charge on any atom is 0.251 e. The summed E-state index contributed by atoms with van der Waals surface area (Å²) >= 11 is 0. The van der Waals surface area contributed by atoms with E-state index in [4.69, 9.17) is 0 Å². The Morgan fingerprint density at radius 1 is 0.921 bits per heavy atom. The van der Waals surface area contributed by atoms with Crippen molar-refractivity contribution < 1.29 is 9.90 Å². The van der Waals surface area contributed by atoms with E-state index in [0.717, 1.165) is 30.5 Å². The number of phenolic OH excluding ortho intramolecular Hbond substituents is 1. The van der Waals surface area contributed by atoms with Crippen LogP contribution in [0.5, 0.6) is 5.75 Å². The van der Waals surface area contributed by atoms with Crippen molar-refractivity contribution in [2.75, 3.05) is 6.54 Å². The third-order valence-corrected chi connectivity index (χ3v) is 10.8. The van der Waals surface area contributed by atoms with Gasteiger partial charge in [0, 0.05) is 47.7 Å². The first-order chi connectivity index (χ1) is 18.6. The number of nitrogens with one attached hydrogen (secondary N) is 1. The molecule has 2 N–H and O–H groups in total. The van der Waals surface area contributed by atoms with Gasteiger partial charge in [-0.2, -0.15) is 0 Å². The zero-order valence-corrected chi connectivity index (χ0v) is 22.4. The Hall–Kier alpha value is -2.63. The second kappa shape index (κ2) is 9.53. The summed E-state index contributed by atoms with van der Waals surface area (Å²) in [7, 11) is 0. The molecule has 2 saturated heterocycles. The number of benzene rings is 2. The lowest BCUT2D eigenvalue weighted by molar-refractivity contribution is -0.235. The highest BCUT2D eigenvalue weighted by Gasteiger charge is 2.80. The van der Waals surface area contributed by atoms with E-state index in [1.165, 1.54) is 56.9 Å². The Balaban J connectivity index is 1.16. The van der Waals surface area contributed by atoms with Gasteiger partial charge in [-0.15, -0.1) is 6.58 Å². The molecule has 5 aliphatic rings. The maximum absolute atomic E-state index is 13.1. The van der Waals surface area contributed by atoms with E-state index < -0.39 is 0 Å². The van der Waals surface area contributed by atoms with Crippen LogP contribution in [0.4, 0.5) is 0 Å². The van der Waals surface area contributed by atoms with Crippen LogP contribution >= 0.6 is 0 Å². The van der Waals surface area contributed by atoms with Gasteiger partial charge in [-0.3, -0.25) is 14.6 Å². The van der Waals surface area contributed by atoms with Crippen LogP contribution in [-0.2, 0) is 0 Å². The number of aromatic hydroxyl groups is 1. The SMILES string of the molecule is C=CCN1C2CCC3N(C(c4ccc(C(=O)NC5CCCCCC5)cc4)c4cccc(O)c4)C4CCC1C234. The Morgan fingerprint density at radius 2 is 1.58 bits per heavy atom. The third-order valence-electron chi connectivity index (χ3n) is 10.8. The van der Waals surface area contributed by atoms with E-state index in [9.17, 15) is 9.90 Å². The summed E-state index contributed by atoms with van der Waals surface area (Å²) in [5.41, 5.74) is 3.54. The predicted molar refractivity (Wildman–Crippen MR) is 150 cm³/mol. The molecule has 5 unspecified atom stereocenters. The van der Waals surface area contributed by atoms with Gasteiger partial charge >= 0.3 is 0 Å². The maximum atomic E-state index is 13.1. The second-order valence-corrected chi connectivity index (χ2v) is 12.4. The summed E-state index contributed by atoms with van der Waals surface area (Å²) in [6.07, 6.45) is 14.3. The summed E-state index contributed by atoms with van der Waals surface area (Å²) in [5.74, 6) is 0.367. The van der Waals surface area contributed by atoms with Crippen LogP contribution in [0.2, 0.25) is 0 Å². The Labute approximate surface area is 226 Å². The number of carbonyl (C=O) groups excluding carboxylic acids is 1. The molecule has 5 fully saturated rings. The van der Waals surface area contributed by atoms with Gasteiger partial charge in [0.05, 0.1) is 6.04 Å². The van der Waals surface area contributed by atoms with Crippen LogP contribution in [0.15, 0.2) is 61.2 Å². The van der Waals surface area contributed by atoms with Crippen molar-refractivity contribution >= 4 is 5.91 Å². The zero-order chi connectivity index (χ0) is 25.9. The van der Waals surface area contributed by atoms with Crippen LogP contribution in [0.25, 0.3) is 0 Å². The van der Waals surface area contributed by atoms with Gasteiger partial charge in [0.25, 0.3) is 5.91 Å². The molecule has 7 rings (SSSR count). The molecule has 3 aliphatic carbocycles. The molecule has 5 nitrogen and oxygen atoms in total. The van der Waals surface area contributed by atoms with Crippen molar-refractivity contribution in [3.05, 3.63) is 77.9 Å². The van der Waals surface area contributed by atoms with Gasteiger partial charge < -0.3 is 10.4 Å². The number of rotatable bonds is 7. The van der Waals surface area contributed by atoms with E-state index in [0.29, 0.717) is 41.4 Å². The molecule has 5 heteroatoms. The number of hydrogen-bond donors (Lipinski definition) is 2. The van der Waals surface area contributed by atoms with Gasteiger partial charge in [-0.1, -0.05) is 56.0 Å². The fourth-order valence-electron chi connectivity index (χ4n) is 9.46. The van der Waals surface area contributed by atoms with Crippen molar-refractivity contribution in [2.45, 2.75) is 100 Å². The van der Waals surface area contributed by atoms with Crippen molar-refractivity contribution in [3.8, 4) is 5.75 Å². The second-order valence-electron chi connectivity index (χ2n) is 12.4. The number of likely N-dealkylation sites (tertiary alicyclic amines) is 2. The van der Waals surface area contributed by atoms with Crippen LogP contribution < -0.4 is 5.32 Å². The minimum atomic E-state index is 0.0503. The van der Waals surface area contributed by atoms with Crippen LogP contribution in [-0.4, -0.2) is 57.6 Å². The average molecular weight is 512 g/mol. The largest absolute Gasteiger partial charge is 0.508 e. The van der Waals surface area contributed by atoms with Gasteiger partial charge in [0.2, 0.25) is 0 Å². The molecule has 0 bridgehead atoms. The van der Waals surface area contributed by atoms with Crippen LogP contribution in [0.1, 0.15) is 91.7 Å². The third kappa shape index (κ3) is 3.54. The smallest absolute Gasteiger partial charge is 0.251 e. The molecule has 0 radical (unpaired) electrons. The summed E-state index contributed by atoms with van der Waals surface area (Å²) in [4.78, 5) is 18.6. The normalized spacial score (nSPS) is 33.4. The van der Waals surface area contributed by atoms with Gasteiger partial charge in [0.1, 0.15) is 5.75 Å². The monoisotopic (exact) mass is 511 g/mol. The van der Waals surface area contributed by atoms with Crippen LogP contribution in [0.3, 0.4) is 0 Å². The Kier molecular flexibility index (Phi) is 6.12. The number of carbonyl (C=O) groups is 1. The molecular weight excluding hydrogens is 470 g/mol. The first-order valence-electron chi connectivity index (χ1n) is 15.0. The van der Waals surface area contributed by atoms with Gasteiger partial charge in [0.15, 0.2) is 0 Å². The standard InChI is InChI=1S/C33H41N3O2/c1-2-20-35-27-16-18-29-33(27)28(35)17-19-30(33)36(29)31(24-8-7-11-26(37)21-24)22-12-14-23(15-13-22)32(38)34-25-9-5-3-4-6-10-25/h2,7-8,11-15,21,25,27-31,37H,1,3-6,9-10,16-20H2,(H,34,38). The molecule has 200 valence electrons. The molecule has 1 amide bonds. The summed E-state index contributed by atoms with van der Waals surface area (Å²) < 4.78 is 0. The number of amides is 1. The van der Waals surface area contributed by atoms with Crippen molar-refractivity contribution in [3.63, 3.8) is 0 Å². The van der Waals surface area contributed by atoms with E-state index in [1.807, 2.05) is 24.3 Å². The summed E-state index contributed by atoms with van der Waals surface area (Å²) in [5, 5.41) is 13.7. The minimum absolute atomic E-state index is 0.0503. The molecule has 5 atom stereocenters. The van der Waals surface area contributed by atoms with Crippen molar-refractivity contribution in [2.24, 2.45) is 5.41 Å². The first kappa shape index (κ1) is 24.4. The number of nitrogens with zero attached hydrogens (tertiary/aromatic N) is 2. The van der Waals surface area contributed by atoms with E-state index in [1.54, 1.807) is 6.07 Å². The molecule has 2 aromatic carbocycles. The summed E-state index contributed by atoms with van der Waals surface area (Å²) in [6, 6.07) is 19.1. The highest BCUT2D eigenvalue weighted by atomic mass is 16.3. The lowest BCUT2D eigenvalue weighted by Gasteiger charge is -2.72. The first-order valence-corrected chi connectivity index (χ1v) is 15.0. The topological polar surface area (TPSA) is 55.8 Å². The van der Waals surface area contributed by atoms with Gasteiger partial charge in [-0.05, 0) is 73.9 Å². The summed E-state index contributed by atoms with van der Waals surface area (Å²) in [6.45, 7) is 5.03. The Morgan fingerprint density at radius 3 is 2.21 bits per heavy atom. The molecule has 38 heavy (non-hydrogen) atoms. The van der Waals surface area contributed by atoms with Crippen molar-refractivity contribution in [1.82, 2.24) is 15.1 Å². The zero-order valence-electron chi connectivity index (χ0n) is 22.4. The molecule has 1 spiro atoms. The van der Waals surface area contributed by atoms with E-state index in [2.05, 4.69) is 46.0 Å². The lowest BCUT2D eigenvalue weighted by atomic mass is 9.56. The average Bonchev–Trinajstić information content (AvgIpc) is 3.20. The number of phenols is 1. The molecule has 3 saturated carbocycles. The molecule has 2 aliphatic heterocycles. The van der Waals surface area contributed by atoms with Crippen molar-refractivity contribution in [1.29, 1.82) is 0 Å². The quantitative estimate of drug-likeness (QED) is 0.364. The number of hydrogen-bond acceptors (Lipinski definition) is 4. The predicted octanol–water partition coefficient (Wildman–Crippen LogP) is 5.80. The minimum Gasteiger partial charge on any atom is -0.508 e. The highest BCUT2D eigenvalue weighted by Crippen LogP contribution is 2.72. The van der Waals surface area contributed by atoms with E-state index >= 15 is 0 Å². The molecule has 2 aromatic rings. The van der Waals surface area contributed by atoms with E-state index in [-0.39, 0.29) is 11.9 Å². The Bertz CT molecular complexity index is 1170. The molecular formula is C33H41N3O2. The molecule has 2 heterocycles. The van der Waals surface area contributed by atoms with Gasteiger partial charge in [-0.25, -0.2) is 0 Å². The lowest BCUT2D eigenvalue weighted by Crippen LogP contribution is -2.83. The fourth-order valence-corrected chi connectivity index (χ4v) is 9.46.